The van der Waals surface area contributed by atoms with Crippen molar-refractivity contribution in [2.75, 3.05) is 0 Å². The smallest absolute Gasteiger partial charge is 0.268 e. The summed E-state index contributed by atoms with van der Waals surface area (Å²) in [5, 5.41) is 0.782. The van der Waals surface area contributed by atoms with Crippen molar-refractivity contribution >= 4 is 33.0 Å². The molecule has 0 aliphatic heterocycles. The minimum atomic E-state index is -1.68. The maximum Gasteiger partial charge on any atom is 0.268 e. The van der Waals surface area contributed by atoms with Gasteiger partial charge in [0.25, 0.3) is 6.33 Å². The number of pyridine rings is 2. The molecule has 7 heteroatoms. The van der Waals surface area contributed by atoms with Gasteiger partial charge in [-0.3, -0.25) is 9.55 Å². The average molecular weight is 971 g/mol. The summed E-state index contributed by atoms with van der Waals surface area (Å²) >= 11 is 0. The topological polar surface area (TPSA) is 48.8 Å². The van der Waals surface area contributed by atoms with Crippen LogP contribution in [-0.4, -0.2) is 19.1 Å². The average Bonchev–Trinajstić information content (AvgIpc) is 3.89. The van der Waals surface area contributed by atoms with Gasteiger partial charge in [0.15, 0.2) is 0 Å². The molecule has 6 nitrogen and oxygen atoms in total. The van der Waals surface area contributed by atoms with E-state index in [1.807, 2.05) is 62.6 Å². The molecule has 0 amide bonds. The molecule has 0 saturated heterocycles. The van der Waals surface area contributed by atoms with Crippen LogP contribution in [0.1, 0.15) is 48.5 Å². The van der Waals surface area contributed by atoms with Crippen LogP contribution in [0.25, 0.3) is 72.4 Å². The molecular formula is C53H41N5OPt-2. The SMILES string of the molecule is [2H]c1c([2H])c([2H])c(-c2cccc(-c3c([2H])c([2H])c([2H])c([2H])c3[2H])c2-[n+]2[c-]n(-c3[c-]c(Oc4[c-]c5c(cc4)c4nc(C)ccc4n5-c4cc(C([2H])([2H])C(C)(C)C)ccn4)ccc3)c3ccccc32)c([2H])c1[2H].[Pt]. The Bertz CT molecular complexity index is 3720. The molecule has 60 heavy (non-hydrogen) atoms. The Hall–Kier alpha value is -6.62. The summed E-state index contributed by atoms with van der Waals surface area (Å²) in [6.07, 6.45) is 3.30. The molecule has 0 bridgehead atoms. The zero-order valence-corrected chi connectivity index (χ0v) is 35.0. The van der Waals surface area contributed by atoms with E-state index < -0.39 is 72.2 Å². The van der Waals surface area contributed by atoms with Crippen LogP contribution in [0.4, 0.5) is 0 Å². The fourth-order valence-electron chi connectivity index (χ4n) is 7.33. The van der Waals surface area contributed by atoms with E-state index in [4.69, 9.17) is 31.2 Å². The van der Waals surface area contributed by atoms with Crippen molar-refractivity contribution in [3.05, 3.63) is 193 Å². The van der Waals surface area contributed by atoms with Gasteiger partial charge in [0, 0.05) is 52.7 Å². The van der Waals surface area contributed by atoms with Crippen molar-refractivity contribution in [1.29, 1.82) is 0 Å². The predicted octanol–water partition coefficient (Wildman–Crippen LogP) is 12.2. The van der Waals surface area contributed by atoms with Crippen LogP contribution >= 0.6 is 0 Å². The number of fused-ring (bicyclic) bond motifs is 4. The number of imidazole rings is 1. The van der Waals surface area contributed by atoms with Gasteiger partial charge in [-0.1, -0.05) is 135 Å². The molecule has 4 heterocycles. The first kappa shape index (κ1) is 27.2. The van der Waals surface area contributed by atoms with Gasteiger partial charge in [-0.15, -0.1) is 24.3 Å². The van der Waals surface area contributed by atoms with Gasteiger partial charge in [0.05, 0.1) is 35.9 Å². The molecule has 0 aliphatic rings. The van der Waals surface area contributed by atoms with Crippen molar-refractivity contribution in [1.82, 2.24) is 19.1 Å². The van der Waals surface area contributed by atoms with E-state index >= 15 is 0 Å². The zero-order valence-electron chi connectivity index (χ0n) is 44.8. The Morgan fingerprint density at radius 1 is 0.750 bits per heavy atom. The standard InChI is InChI=1S/C53H41N5O.Pt/c1-36-25-28-48-51(55-36)45-27-26-42(33-49(45)58(48)50-31-37(29-30-54-50)34-53(2,3)4)59-41-20-13-19-40(32-41)56-35-57(47-24-12-11-23-46(47)56)52-43(38-15-7-5-8-16-38)21-14-22-44(52)39-17-9-6-10-18-39;/h5-31H,34H2,1-4H3;/q-2;/i5D,6D,7D,8D,9D,10D,15D,16D,17D,18D,34D2;. The second-order valence-electron chi connectivity index (χ2n) is 15.0. The second kappa shape index (κ2) is 15.9. The zero-order chi connectivity index (χ0) is 50.6. The second-order valence-corrected chi connectivity index (χ2v) is 15.0. The van der Waals surface area contributed by atoms with Crippen LogP contribution in [0, 0.1) is 30.8 Å². The first-order valence-electron chi connectivity index (χ1n) is 24.9. The van der Waals surface area contributed by atoms with E-state index in [9.17, 15) is 0 Å². The van der Waals surface area contributed by atoms with E-state index in [1.165, 1.54) is 0 Å². The summed E-state index contributed by atoms with van der Waals surface area (Å²) in [6.45, 7) is 7.48. The number of ether oxygens (including phenoxy) is 1. The molecule has 296 valence electrons. The Morgan fingerprint density at radius 2 is 1.45 bits per heavy atom. The number of aromatic nitrogens is 5. The van der Waals surface area contributed by atoms with Crippen molar-refractivity contribution in [3.8, 4) is 50.9 Å². The quantitative estimate of drug-likeness (QED) is 0.113. The summed E-state index contributed by atoms with van der Waals surface area (Å²) in [5.41, 5.74) is 4.26. The van der Waals surface area contributed by atoms with Gasteiger partial charge in [0.1, 0.15) is 5.82 Å². The molecule has 0 N–H and O–H groups in total. The van der Waals surface area contributed by atoms with Gasteiger partial charge in [-0.25, -0.2) is 4.98 Å². The molecule has 0 aliphatic carbocycles. The fourth-order valence-corrected chi connectivity index (χ4v) is 7.33. The monoisotopic (exact) mass is 970 g/mol. The Balaban J connectivity index is 0.00000640. The van der Waals surface area contributed by atoms with E-state index in [0.29, 0.717) is 50.6 Å². The number of hydrogen-bond acceptors (Lipinski definition) is 3. The third-order valence-electron chi connectivity index (χ3n) is 9.70. The van der Waals surface area contributed by atoms with Crippen LogP contribution in [0.15, 0.2) is 164 Å². The van der Waals surface area contributed by atoms with Crippen molar-refractivity contribution < 1.29 is 46.8 Å². The van der Waals surface area contributed by atoms with Crippen LogP contribution in [0.2, 0.25) is 0 Å². The van der Waals surface area contributed by atoms with Crippen LogP contribution in [0.3, 0.4) is 0 Å². The van der Waals surface area contributed by atoms with Gasteiger partial charge < -0.3 is 13.9 Å². The van der Waals surface area contributed by atoms with Crippen molar-refractivity contribution in [2.24, 2.45) is 5.41 Å². The minimum absolute atomic E-state index is 0. The van der Waals surface area contributed by atoms with Gasteiger partial charge >= 0.3 is 0 Å². The Morgan fingerprint density at radius 3 is 2.18 bits per heavy atom. The molecule has 0 spiro atoms. The Kier molecular flexibility index (Phi) is 7.19. The van der Waals surface area contributed by atoms with Crippen LogP contribution in [0.5, 0.6) is 11.5 Å². The summed E-state index contributed by atoms with van der Waals surface area (Å²) in [6, 6.07) is 29.5. The van der Waals surface area contributed by atoms with Gasteiger partial charge in [-0.2, -0.15) is 18.2 Å². The number of rotatable bonds is 8. The molecular weight excluding hydrogens is 918 g/mol. The fraction of sp³-hybridized carbons (Fsp3) is 0.113. The molecule has 0 radical (unpaired) electrons. The van der Waals surface area contributed by atoms with E-state index in [-0.39, 0.29) is 49.0 Å². The molecule has 10 rings (SSSR count). The number of aryl methyl sites for hydroxylation is 1. The summed E-state index contributed by atoms with van der Waals surface area (Å²) in [7, 11) is 0. The van der Waals surface area contributed by atoms with Crippen LogP contribution < -0.4 is 9.30 Å². The maximum absolute atomic E-state index is 9.00. The van der Waals surface area contributed by atoms with Gasteiger partial charge in [-0.05, 0) is 76.5 Å². The van der Waals surface area contributed by atoms with Crippen molar-refractivity contribution in [2.45, 2.75) is 34.1 Å². The number of benzene rings is 6. The molecule has 6 aromatic carbocycles. The normalized spacial score (nSPS) is 14.7. The van der Waals surface area contributed by atoms with Crippen molar-refractivity contribution in [3.63, 3.8) is 0 Å². The third kappa shape index (κ3) is 7.33. The molecule has 0 atom stereocenters. The molecule has 0 fully saturated rings. The summed E-state index contributed by atoms with van der Waals surface area (Å²) < 4.78 is 116. The van der Waals surface area contributed by atoms with E-state index in [1.54, 1.807) is 82.1 Å². The minimum Gasteiger partial charge on any atom is -0.510 e. The number of para-hydroxylation sites is 3. The first-order chi connectivity index (χ1) is 33.7. The maximum atomic E-state index is 9.00. The molecule has 0 unspecified atom stereocenters. The number of hydrogen-bond donors (Lipinski definition) is 0. The number of nitrogens with zero attached hydrogens (tertiary/aromatic N) is 5. The predicted molar refractivity (Wildman–Crippen MR) is 237 cm³/mol. The first-order valence-corrected chi connectivity index (χ1v) is 18.9. The van der Waals surface area contributed by atoms with Crippen LogP contribution in [-0.2, 0) is 27.4 Å². The van der Waals surface area contributed by atoms with E-state index in [2.05, 4.69) is 18.5 Å². The summed E-state index contributed by atoms with van der Waals surface area (Å²) in [5.74, 6) is 1.11. The summed E-state index contributed by atoms with van der Waals surface area (Å²) in [4.78, 5) is 9.57. The molecule has 0 saturated carbocycles. The van der Waals surface area contributed by atoms with E-state index in [0.717, 1.165) is 16.6 Å². The Labute approximate surface area is 381 Å². The molecule has 10 aromatic rings. The molecule has 4 aromatic heterocycles. The third-order valence-corrected chi connectivity index (χ3v) is 9.70. The van der Waals surface area contributed by atoms with Gasteiger partial charge in [0.2, 0.25) is 0 Å². The largest absolute Gasteiger partial charge is 0.510 e.